The van der Waals surface area contributed by atoms with Gasteiger partial charge in [0.1, 0.15) is 5.82 Å². The van der Waals surface area contributed by atoms with Crippen molar-refractivity contribution >= 4 is 0 Å². The molecule has 1 unspecified atom stereocenters. The molecular weight excluding hydrogens is 225 g/mol. The summed E-state index contributed by atoms with van der Waals surface area (Å²) in [5.41, 5.74) is 2.31. The van der Waals surface area contributed by atoms with Gasteiger partial charge in [-0.1, -0.05) is 39.2 Å². The highest BCUT2D eigenvalue weighted by molar-refractivity contribution is 5.29. The van der Waals surface area contributed by atoms with E-state index < -0.39 is 0 Å². The zero-order chi connectivity index (χ0) is 13.4. The van der Waals surface area contributed by atoms with Crippen molar-refractivity contribution in [1.82, 2.24) is 5.32 Å². The van der Waals surface area contributed by atoms with E-state index in [0.29, 0.717) is 6.04 Å². The van der Waals surface area contributed by atoms with Crippen LogP contribution in [0.5, 0.6) is 0 Å². The van der Waals surface area contributed by atoms with Crippen LogP contribution in [-0.4, -0.2) is 6.54 Å². The van der Waals surface area contributed by atoms with Crippen LogP contribution in [0.3, 0.4) is 0 Å². The maximum absolute atomic E-state index is 13.1. The molecular formula is C16H26FN. The summed E-state index contributed by atoms with van der Waals surface area (Å²) in [6, 6.07) is 5.51. The number of aryl methyl sites for hydroxylation is 1. The number of hydrogen-bond donors (Lipinski definition) is 1. The third-order valence-corrected chi connectivity index (χ3v) is 3.34. The van der Waals surface area contributed by atoms with E-state index in [1.165, 1.54) is 24.8 Å². The Morgan fingerprint density at radius 2 is 1.94 bits per heavy atom. The van der Waals surface area contributed by atoms with Gasteiger partial charge in [0.15, 0.2) is 0 Å². The van der Waals surface area contributed by atoms with Crippen LogP contribution in [0.15, 0.2) is 18.2 Å². The van der Waals surface area contributed by atoms with E-state index in [1.807, 2.05) is 13.0 Å². The van der Waals surface area contributed by atoms with Gasteiger partial charge in [-0.05, 0) is 49.6 Å². The second-order valence-electron chi connectivity index (χ2n) is 5.00. The van der Waals surface area contributed by atoms with Crippen LogP contribution in [0.4, 0.5) is 4.39 Å². The van der Waals surface area contributed by atoms with Gasteiger partial charge in [0.25, 0.3) is 0 Å². The van der Waals surface area contributed by atoms with E-state index in [0.717, 1.165) is 24.9 Å². The van der Waals surface area contributed by atoms with Gasteiger partial charge in [0, 0.05) is 6.04 Å². The predicted molar refractivity (Wildman–Crippen MR) is 76.3 cm³/mol. The number of halogens is 1. The number of benzene rings is 1. The number of nitrogens with one attached hydrogen (secondary N) is 1. The van der Waals surface area contributed by atoms with E-state index in [4.69, 9.17) is 0 Å². The Hall–Kier alpha value is -0.890. The topological polar surface area (TPSA) is 12.0 Å². The fourth-order valence-corrected chi connectivity index (χ4v) is 2.31. The molecule has 0 bridgehead atoms. The second kappa shape index (κ2) is 8.25. The lowest BCUT2D eigenvalue weighted by Crippen LogP contribution is -2.23. The van der Waals surface area contributed by atoms with Crippen LogP contribution in [0.1, 0.15) is 63.1 Å². The average Bonchev–Trinajstić information content (AvgIpc) is 2.34. The normalized spacial score (nSPS) is 12.7. The molecule has 1 atom stereocenters. The maximum Gasteiger partial charge on any atom is 0.123 e. The monoisotopic (exact) mass is 251 g/mol. The first kappa shape index (κ1) is 15.2. The van der Waals surface area contributed by atoms with Crippen molar-refractivity contribution in [2.75, 3.05) is 6.54 Å². The van der Waals surface area contributed by atoms with Crippen LogP contribution in [-0.2, 0) is 0 Å². The smallest absolute Gasteiger partial charge is 0.123 e. The van der Waals surface area contributed by atoms with E-state index in [2.05, 4.69) is 19.2 Å². The Morgan fingerprint density at radius 3 is 2.56 bits per heavy atom. The van der Waals surface area contributed by atoms with Crippen molar-refractivity contribution in [2.24, 2.45) is 0 Å². The molecule has 0 spiro atoms. The van der Waals surface area contributed by atoms with E-state index in [1.54, 1.807) is 12.1 Å². The predicted octanol–water partition coefficient (Wildman–Crippen LogP) is 4.76. The first-order chi connectivity index (χ1) is 8.69. The van der Waals surface area contributed by atoms with Gasteiger partial charge in [0.2, 0.25) is 0 Å². The molecule has 0 aliphatic rings. The summed E-state index contributed by atoms with van der Waals surface area (Å²) in [4.78, 5) is 0. The van der Waals surface area contributed by atoms with Gasteiger partial charge in [-0.25, -0.2) is 4.39 Å². The van der Waals surface area contributed by atoms with Crippen LogP contribution < -0.4 is 5.32 Å². The lowest BCUT2D eigenvalue weighted by Gasteiger charge is -2.21. The number of hydrogen-bond acceptors (Lipinski definition) is 1. The summed E-state index contributed by atoms with van der Waals surface area (Å²) in [6.07, 6.45) is 6.01. The minimum atomic E-state index is -0.140. The molecule has 1 aromatic rings. The summed E-state index contributed by atoms with van der Waals surface area (Å²) in [6.45, 7) is 7.41. The SMILES string of the molecule is CCCCCC(NCCC)c1ccc(F)cc1C. The Morgan fingerprint density at radius 1 is 1.17 bits per heavy atom. The molecule has 0 aliphatic carbocycles. The van der Waals surface area contributed by atoms with Crippen molar-refractivity contribution in [1.29, 1.82) is 0 Å². The van der Waals surface area contributed by atoms with Gasteiger partial charge >= 0.3 is 0 Å². The highest BCUT2D eigenvalue weighted by atomic mass is 19.1. The molecule has 0 heterocycles. The van der Waals surface area contributed by atoms with Gasteiger partial charge in [0.05, 0.1) is 0 Å². The lowest BCUT2D eigenvalue weighted by molar-refractivity contribution is 0.472. The molecule has 0 fully saturated rings. The third-order valence-electron chi connectivity index (χ3n) is 3.34. The largest absolute Gasteiger partial charge is 0.310 e. The average molecular weight is 251 g/mol. The van der Waals surface area contributed by atoms with Gasteiger partial charge in [-0.15, -0.1) is 0 Å². The van der Waals surface area contributed by atoms with Gasteiger partial charge in [-0.3, -0.25) is 0 Å². The van der Waals surface area contributed by atoms with E-state index >= 15 is 0 Å². The molecule has 0 aromatic heterocycles. The summed E-state index contributed by atoms with van der Waals surface area (Å²) in [5.74, 6) is -0.140. The molecule has 18 heavy (non-hydrogen) atoms. The summed E-state index contributed by atoms with van der Waals surface area (Å²) in [5, 5.41) is 3.58. The third kappa shape index (κ3) is 4.77. The van der Waals surface area contributed by atoms with Crippen molar-refractivity contribution in [3.05, 3.63) is 35.1 Å². The fourth-order valence-electron chi connectivity index (χ4n) is 2.31. The molecule has 1 rings (SSSR count). The van der Waals surface area contributed by atoms with Crippen LogP contribution in [0.2, 0.25) is 0 Å². The van der Waals surface area contributed by atoms with Crippen molar-refractivity contribution in [3.63, 3.8) is 0 Å². The Balaban J connectivity index is 2.73. The van der Waals surface area contributed by atoms with E-state index in [9.17, 15) is 4.39 Å². The lowest BCUT2D eigenvalue weighted by atomic mass is 9.96. The maximum atomic E-state index is 13.1. The molecule has 0 aliphatic heterocycles. The Kier molecular flexibility index (Phi) is 6.96. The molecule has 0 saturated carbocycles. The second-order valence-corrected chi connectivity index (χ2v) is 5.00. The molecule has 2 heteroatoms. The van der Waals surface area contributed by atoms with Crippen molar-refractivity contribution in [3.8, 4) is 0 Å². The molecule has 0 saturated heterocycles. The molecule has 1 aromatic carbocycles. The summed E-state index contributed by atoms with van der Waals surface area (Å²) in [7, 11) is 0. The Labute approximate surface area is 111 Å². The number of rotatable bonds is 8. The summed E-state index contributed by atoms with van der Waals surface area (Å²) < 4.78 is 13.1. The zero-order valence-electron chi connectivity index (χ0n) is 11.9. The molecule has 0 radical (unpaired) electrons. The molecule has 1 N–H and O–H groups in total. The molecule has 102 valence electrons. The first-order valence-corrected chi connectivity index (χ1v) is 7.18. The minimum Gasteiger partial charge on any atom is -0.310 e. The van der Waals surface area contributed by atoms with Crippen molar-refractivity contribution in [2.45, 2.75) is 58.9 Å². The molecule has 0 amide bonds. The van der Waals surface area contributed by atoms with Crippen LogP contribution in [0, 0.1) is 12.7 Å². The standard InChI is InChI=1S/C16H26FN/c1-4-6-7-8-16(18-11-5-2)15-10-9-14(17)12-13(15)3/h9-10,12,16,18H,4-8,11H2,1-3H3. The first-order valence-electron chi connectivity index (χ1n) is 7.18. The van der Waals surface area contributed by atoms with Gasteiger partial charge in [-0.2, -0.15) is 0 Å². The fraction of sp³-hybridized carbons (Fsp3) is 0.625. The highest BCUT2D eigenvalue weighted by Gasteiger charge is 2.12. The van der Waals surface area contributed by atoms with Crippen molar-refractivity contribution < 1.29 is 4.39 Å². The Bertz CT molecular complexity index is 349. The zero-order valence-corrected chi connectivity index (χ0v) is 11.9. The van der Waals surface area contributed by atoms with Crippen LogP contribution >= 0.6 is 0 Å². The number of unbranched alkanes of at least 4 members (excludes halogenated alkanes) is 2. The van der Waals surface area contributed by atoms with E-state index in [-0.39, 0.29) is 5.82 Å². The summed E-state index contributed by atoms with van der Waals surface area (Å²) >= 11 is 0. The molecule has 1 nitrogen and oxygen atoms in total. The highest BCUT2D eigenvalue weighted by Crippen LogP contribution is 2.23. The minimum absolute atomic E-state index is 0.140. The van der Waals surface area contributed by atoms with Gasteiger partial charge < -0.3 is 5.32 Å². The van der Waals surface area contributed by atoms with Crippen LogP contribution in [0.25, 0.3) is 0 Å². The quantitative estimate of drug-likeness (QED) is 0.657.